The monoisotopic (exact) mass is 644 g/mol. The third kappa shape index (κ3) is 16.3. The maximum absolute atomic E-state index is 6.68. The molecular formula is C15H45IO6Si7. The summed E-state index contributed by atoms with van der Waals surface area (Å²) in [7, 11) is -12.7. The second kappa shape index (κ2) is 10.1. The van der Waals surface area contributed by atoms with Gasteiger partial charge in [-0.2, -0.15) is 0 Å². The van der Waals surface area contributed by atoms with E-state index in [1.807, 2.05) is 0 Å². The second-order valence-corrected chi connectivity index (χ2v) is 42.5. The molecule has 6 nitrogen and oxygen atoms in total. The fraction of sp³-hybridized carbons (Fsp3) is 1.00. The molecule has 0 saturated carbocycles. The Balaban J connectivity index is 5.85. The molecule has 0 aromatic carbocycles. The molecule has 0 atom stereocenters. The molecule has 176 valence electrons. The Morgan fingerprint density at radius 1 is 0.345 bits per heavy atom. The van der Waals surface area contributed by atoms with Crippen LogP contribution in [0.15, 0.2) is 0 Å². The lowest BCUT2D eigenvalue weighted by Gasteiger charge is -2.43. The summed E-state index contributed by atoms with van der Waals surface area (Å²) in [6, 6.07) is 0. The zero-order valence-corrected chi connectivity index (χ0v) is 30.5. The summed E-state index contributed by atoms with van der Waals surface area (Å²) < 4.78 is 39.4. The third-order valence-electron chi connectivity index (χ3n) is 2.76. The molecule has 14 heteroatoms. The number of hydrogen-bond donors (Lipinski definition) is 0. The predicted molar refractivity (Wildman–Crippen MR) is 149 cm³/mol. The number of rotatable bonds is 12. The van der Waals surface area contributed by atoms with Gasteiger partial charge in [0, 0.05) is 0 Å². The Labute approximate surface area is 200 Å². The molecule has 0 aliphatic carbocycles. The largest absolute Gasteiger partial charge is 0.545 e. The van der Waals surface area contributed by atoms with Gasteiger partial charge < -0.3 is 24.7 Å². The molecule has 0 bridgehead atoms. The van der Waals surface area contributed by atoms with Gasteiger partial charge in [-0.15, -0.1) is 0 Å². The molecule has 0 radical (unpaired) electrons. The third-order valence-corrected chi connectivity index (χ3v) is 30.8. The predicted octanol–water partition coefficient (Wildman–Crippen LogP) is 6.57. The highest BCUT2D eigenvalue weighted by Gasteiger charge is 2.55. The summed E-state index contributed by atoms with van der Waals surface area (Å²) in [6.07, 6.45) is -3.11. The number of hydrogen-bond acceptors (Lipinski definition) is 6. The topological polar surface area (TPSA) is 55.4 Å². The van der Waals surface area contributed by atoms with E-state index in [1.165, 1.54) is 0 Å². The van der Waals surface area contributed by atoms with Crippen LogP contribution in [-0.4, -0.2) is 56.9 Å². The first-order chi connectivity index (χ1) is 12.2. The molecule has 0 aromatic rings. The summed E-state index contributed by atoms with van der Waals surface area (Å²) in [5.74, 6) is 0. The van der Waals surface area contributed by atoms with Crippen molar-refractivity contribution in [1.29, 1.82) is 0 Å². The van der Waals surface area contributed by atoms with Gasteiger partial charge >= 0.3 is 32.0 Å². The van der Waals surface area contributed by atoms with E-state index in [9.17, 15) is 0 Å². The Morgan fingerprint density at radius 3 is 0.655 bits per heavy atom. The second-order valence-electron chi connectivity index (χ2n) is 11.6. The van der Waals surface area contributed by atoms with Gasteiger partial charge in [0.05, 0.1) is 0 Å². The van der Waals surface area contributed by atoms with E-state index in [-0.39, 0.29) is 0 Å². The molecule has 0 aromatic heterocycles. The van der Waals surface area contributed by atoms with Gasteiger partial charge in [-0.1, -0.05) is 0 Å². The highest BCUT2D eigenvalue weighted by Crippen LogP contribution is 2.34. The van der Waals surface area contributed by atoms with Crippen molar-refractivity contribution >= 4 is 78.7 Å². The van der Waals surface area contributed by atoms with Crippen molar-refractivity contribution in [3.8, 4) is 0 Å². The fourth-order valence-electron chi connectivity index (χ4n) is 3.22. The first-order valence-electron chi connectivity index (χ1n) is 10.1. The molecule has 0 fully saturated rings. The van der Waals surface area contributed by atoms with Gasteiger partial charge in [0.2, 0.25) is 0 Å². The summed E-state index contributed by atoms with van der Waals surface area (Å²) in [5, 5.41) is 0. The van der Waals surface area contributed by atoms with E-state index in [0.717, 1.165) is 0 Å². The van der Waals surface area contributed by atoms with Gasteiger partial charge in [-0.25, -0.2) is 0 Å². The maximum Gasteiger partial charge on any atom is 0.545 e. The van der Waals surface area contributed by atoms with Crippen LogP contribution in [0.5, 0.6) is 0 Å². The molecule has 0 heterocycles. The average Bonchev–Trinajstić information content (AvgIpc) is 2.10. The summed E-state index contributed by atoms with van der Waals surface area (Å²) in [6.45, 7) is 32.2. The normalized spacial score (nSPS) is 15.7. The van der Waals surface area contributed by atoms with Gasteiger partial charge in [-0.3, -0.25) is 0 Å². The molecular weight excluding hydrogens is 600 g/mol. The van der Waals surface area contributed by atoms with Crippen molar-refractivity contribution in [3.63, 3.8) is 0 Å². The molecule has 0 aliphatic heterocycles. The number of halogens is 1. The Morgan fingerprint density at radius 2 is 0.517 bits per heavy atom. The van der Waals surface area contributed by atoms with E-state index in [0.29, 0.717) is 0 Å². The van der Waals surface area contributed by atoms with Crippen LogP contribution in [0.25, 0.3) is 0 Å². The minimum atomic E-state index is -3.11. The zero-order chi connectivity index (χ0) is 23.7. The standard InChI is InChI=1S/C15H45IO6Si7/c1-23(2,3)17-26(10,11)20-29(16,21-27(12,13)18-24(4,5)6)22-28(14,15)19-25(7,8)9/h1-15H3. The Bertz CT molecular complexity index is 467. The lowest BCUT2D eigenvalue weighted by Crippen LogP contribution is -2.63. The molecule has 0 amide bonds. The molecule has 0 N–H and O–H groups in total. The van der Waals surface area contributed by atoms with Crippen LogP contribution < -0.4 is 0 Å². The fourth-order valence-corrected chi connectivity index (χ4v) is 45.5. The summed E-state index contributed by atoms with van der Waals surface area (Å²) in [4.78, 5) is 0. The Hall–Kier alpha value is 2.01. The minimum Gasteiger partial charge on any atom is -0.437 e. The lowest BCUT2D eigenvalue weighted by atomic mass is 11.8. The van der Waals surface area contributed by atoms with Gasteiger partial charge in [0.25, 0.3) is 0 Å². The average molecular weight is 645 g/mol. The van der Waals surface area contributed by atoms with Crippen LogP contribution in [0.4, 0.5) is 0 Å². The van der Waals surface area contributed by atoms with Crippen molar-refractivity contribution in [2.24, 2.45) is 0 Å². The highest BCUT2D eigenvalue weighted by atomic mass is 127. The van der Waals surface area contributed by atoms with Crippen molar-refractivity contribution < 1.29 is 24.7 Å². The van der Waals surface area contributed by atoms with Crippen LogP contribution in [0.1, 0.15) is 0 Å². The van der Waals surface area contributed by atoms with Crippen LogP contribution in [-0.2, 0) is 24.7 Å². The van der Waals surface area contributed by atoms with Gasteiger partial charge in [0.15, 0.2) is 25.0 Å². The van der Waals surface area contributed by atoms with Crippen molar-refractivity contribution in [3.05, 3.63) is 0 Å². The quantitative estimate of drug-likeness (QED) is 0.136. The van der Waals surface area contributed by atoms with Gasteiger partial charge in [0.1, 0.15) is 0 Å². The van der Waals surface area contributed by atoms with Crippen LogP contribution in [0, 0.1) is 0 Å². The van der Waals surface area contributed by atoms with E-state index in [2.05, 4.69) is 120 Å². The molecule has 0 saturated heterocycles. The summed E-state index contributed by atoms with van der Waals surface area (Å²) >= 11 is 2.29. The first kappa shape index (κ1) is 31.0. The SMILES string of the molecule is C[Si](C)(C)O[Si](C)(C)O[Si](I)(O[Si](C)(C)O[Si](C)(C)C)O[Si](C)(C)O[Si](C)(C)C. The van der Waals surface area contributed by atoms with Gasteiger partial charge in [-0.05, 0) is 120 Å². The van der Waals surface area contributed by atoms with Crippen LogP contribution in [0.3, 0.4) is 0 Å². The molecule has 0 unspecified atom stereocenters. The van der Waals surface area contributed by atoms with E-state index in [1.54, 1.807) is 0 Å². The minimum absolute atomic E-state index is 1.77. The van der Waals surface area contributed by atoms with Crippen molar-refractivity contribution in [2.75, 3.05) is 0 Å². The van der Waals surface area contributed by atoms with Crippen molar-refractivity contribution in [1.82, 2.24) is 0 Å². The highest BCUT2D eigenvalue weighted by molar-refractivity contribution is 14.1. The lowest BCUT2D eigenvalue weighted by molar-refractivity contribution is 0.223. The molecule has 0 spiro atoms. The molecule has 29 heavy (non-hydrogen) atoms. The van der Waals surface area contributed by atoms with E-state index >= 15 is 0 Å². The maximum atomic E-state index is 6.68. The Kier molecular flexibility index (Phi) is 10.8. The molecule has 0 rings (SSSR count). The summed E-state index contributed by atoms with van der Waals surface area (Å²) in [5.41, 5.74) is 0. The van der Waals surface area contributed by atoms with Crippen LogP contribution >= 0.6 is 21.8 Å². The zero-order valence-electron chi connectivity index (χ0n) is 21.3. The molecule has 0 aliphatic rings. The van der Waals surface area contributed by atoms with Crippen molar-refractivity contribution in [2.45, 2.75) is 98.2 Å². The van der Waals surface area contributed by atoms with E-state index in [4.69, 9.17) is 24.7 Å². The van der Waals surface area contributed by atoms with E-state index < -0.39 is 56.9 Å². The smallest absolute Gasteiger partial charge is 0.437 e. The first-order valence-corrected chi connectivity index (χ1v) is 33.7. The van der Waals surface area contributed by atoms with Crippen LogP contribution in [0.2, 0.25) is 98.2 Å².